The molecular weight excluding hydrogens is 656 g/mol. The van der Waals surface area contributed by atoms with Crippen LogP contribution in [0.25, 0.3) is 0 Å². The van der Waals surface area contributed by atoms with Crippen molar-refractivity contribution in [3.63, 3.8) is 0 Å². The van der Waals surface area contributed by atoms with Gasteiger partial charge >= 0.3 is 23.9 Å². The Bertz CT molecular complexity index is 1700. The Morgan fingerprint density at radius 1 is 0.640 bits per heavy atom. The molecule has 1 fully saturated rings. The van der Waals surface area contributed by atoms with Crippen molar-refractivity contribution in [2.75, 3.05) is 6.61 Å². The molecule has 260 valence electrons. The third kappa shape index (κ3) is 9.40. The van der Waals surface area contributed by atoms with Crippen LogP contribution in [0.2, 0.25) is 0 Å². The summed E-state index contributed by atoms with van der Waals surface area (Å²) < 4.78 is 30.5. The highest BCUT2D eigenvalue weighted by atomic mass is 32.1. The van der Waals surface area contributed by atoms with Crippen LogP contribution in [-0.2, 0) is 23.7 Å². The predicted molar refractivity (Wildman–Crippen MR) is 189 cm³/mol. The summed E-state index contributed by atoms with van der Waals surface area (Å²) in [6, 6.07) is 33.4. The van der Waals surface area contributed by atoms with Crippen molar-refractivity contribution in [3.8, 4) is 0 Å². The van der Waals surface area contributed by atoms with Crippen molar-refractivity contribution in [1.82, 2.24) is 0 Å². The molecule has 0 unspecified atom stereocenters. The molecule has 0 aliphatic carbocycles. The maximum absolute atomic E-state index is 13.6. The summed E-state index contributed by atoms with van der Waals surface area (Å²) in [4.78, 5) is 52.3. The van der Waals surface area contributed by atoms with E-state index in [0.717, 1.165) is 19.3 Å². The molecule has 0 aromatic heterocycles. The second kappa shape index (κ2) is 17.6. The second-order valence-corrected chi connectivity index (χ2v) is 12.7. The first kappa shape index (κ1) is 36.4. The zero-order valence-electron chi connectivity index (χ0n) is 27.7. The van der Waals surface area contributed by atoms with Crippen molar-refractivity contribution >= 4 is 36.5 Å². The summed E-state index contributed by atoms with van der Waals surface area (Å²) in [5.74, 6) is -2.78. The molecule has 0 amide bonds. The Morgan fingerprint density at radius 3 is 1.60 bits per heavy atom. The van der Waals surface area contributed by atoms with E-state index >= 15 is 0 Å². The SMILES string of the molecule is CCCCCC[C@@]1(S)O[C@@H]([C@@H](COC(=O)c2ccccc2)OC(=O)c2ccccc2)[C@H](OC(=O)c2ccccc2)[C@H]1OC(=O)c1ccccc1. The predicted octanol–water partition coefficient (Wildman–Crippen LogP) is 7.52. The lowest BCUT2D eigenvalue weighted by atomic mass is 9.99. The molecule has 0 N–H and O–H groups in total. The third-order valence-corrected chi connectivity index (χ3v) is 8.90. The van der Waals surface area contributed by atoms with Gasteiger partial charge in [-0.1, -0.05) is 99.0 Å². The standard InChI is InChI=1S/C40H40O9S/c1-2-3-4-17-26-40(50)35(48-39(44)31-24-15-8-16-25-31)34(47-38(43)30-22-13-7-14-23-30)33(49-40)32(46-37(42)29-20-11-6-12-21-29)27-45-36(41)28-18-9-5-10-19-28/h5-16,18-25,32-35,50H,2-4,17,26-27H2,1H3/t32-,33+,34+,35-,40+/m1/s1. The summed E-state index contributed by atoms with van der Waals surface area (Å²) in [6.07, 6.45) is -1.41. The number of esters is 4. The molecule has 10 heteroatoms. The minimum Gasteiger partial charge on any atom is -0.458 e. The number of hydrogen-bond acceptors (Lipinski definition) is 10. The van der Waals surface area contributed by atoms with E-state index in [2.05, 4.69) is 6.92 Å². The first-order valence-corrected chi connectivity index (χ1v) is 17.1. The third-order valence-electron chi connectivity index (χ3n) is 8.31. The quantitative estimate of drug-likeness (QED) is 0.0584. The number of unbranched alkanes of at least 4 members (excludes halogenated alkanes) is 3. The molecule has 1 saturated heterocycles. The van der Waals surface area contributed by atoms with Crippen LogP contribution in [0, 0.1) is 0 Å². The van der Waals surface area contributed by atoms with E-state index in [4.69, 9.17) is 36.3 Å². The fourth-order valence-electron chi connectivity index (χ4n) is 5.69. The minimum atomic E-state index is -1.48. The number of rotatable bonds is 15. The Balaban J connectivity index is 1.53. The molecule has 4 aromatic rings. The normalized spacial score (nSPS) is 20.3. The maximum Gasteiger partial charge on any atom is 0.338 e. The fourth-order valence-corrected chi connectivity index (χ4v) is 6.17. The van der Waals surface area contributed by atoms with Crippen LogP contribution in [-0.4, -0.2) is 59.8 Å². The van der Waals surface area contributed by atoms with Gasteiger partial charge < -0.3 is 23.7 Å². The second-order valence-electron chi connectivity index (χ2n) is 11.9. The van der Waals surface area contributed by atoms with Gasteiger partial charge in [-0.05, 0) is 61.4 Å². The van der Waals surface area contributed by atoms with E-state index in [1.54, 1.807) is 121 Å². The van der Waals surface area contributed by atoms with Crippen LogP contribution in [0.5, 0.6) is 0 Å². The number of carbonyl (C=O) groups excluding carboxylic acids is 4. The monoisotopic (exact) mass is 696 g/mol. The largest absolute Gasteiger partial charge is 0.458 e. The molecule has 0 saturated carbocycles. The summed E-state index contributed by atoms with van der Waals surface area (Å²) >= 11 is 4.98. The Morgan fingerprint density at radius 2 is 1.10 bits per heavy atom. The zero-order valence-corrected chi connectivity index (χ0v) is 28.6. The Kier molecular flexibility index (Phi) is 12.8. The van der Waals surface area contributed by atoms with Gasteiger partial charge in [0.05, 0.1) is 22.3 Å². The van der Waals surface area contributed by atoms with E-state index in [-0.39, 0.29) is 22.3 Å². The first-order chi connectivity index (χ1) is 24.3. The Hall–Kier alpha value is -4.93. The van der Waals surface area contributed by atoms with Crippen molar-refractivity contribution in [2.45, 2.75) is 68.4 Å². The molecular formula is C40H40O9S. The minimum absolute atomic E-state index is 0.242. The van der Waals surface area contributed by atoms with Crippen LogP contribution in [0.4, 0.5) is 0 Å². The zero-order chi connectivity index (χ0) is 35.3. The molecule has 5 atom stereocenters. The van der Waals surface area contributed by atoms with Crippen LogP contribution in [0.15, 0.2) is 121 Å². The van der Waals surface area contributed by atoms with Gasteiger partial charge in [-0.2, -0.15) is 0 Å². The van der Waals surface area contributed by atoms with Crippen molar-refractivity contribution < 1.29 is 42.9 Å². The fraction of sp³-hybridized carbons (Fsp3) is 0.300. The summed E-state index contributed by atoms with van der Waals surface area (Å²) in [7, 11) is 0. The van der Waals surface area contributed by atoms with Crippen LogP contribution >= 0.6 is 12.6 Å². The van der Waals surface area contributed by atoms with Gasteiger partial charge in [0.15, 0.2) is 23.2 Å². The summed E-state index contributed by atoms with van der Waals surface area (Å²) in [5.41, 5.74) is 1.04. The van der Waals surface area contributed by atoms with Crippen molar-refractivity contribution in [2.24, 2.45) is 0 Å². The van der Waals surface area contributed by atoms with Gasteiger partial charge in [-0.25, -0.2) is 19.2 Å². The van der Waals surface area contributed by atoms with Crippen LogP contribution < -0.4 is 0 Å². The summed E-state index contributed by atoms with van der Waals surface area (Å²) in [5, 5.41) is 0. The van der Waals surface area contributed by atoms with E-state index < -0.39 is 59.8 Å². The number of carbonyl (C=O) groups is 4. The molecule has 1 aliphatic rings. The molecule has 0 spiro atoms. The summed E-state index contributed by atoms with van der Waals surface area (Å²) in [6.45, 7) is 1.62. The van der Waals surface area contributed by atoms with Gasteiger partial charge in [-0.3, -0.25) is 0 Å². The average molecular weight is 697 g/mol. The smallest absolute Gasteiger partial charge is 0.338 e. The van der Waals surface area contributed by atoms with E-state index in [1.165, 1.54) is 0 Å². The van der Waals surface area contributed by atoms with Gasteiger partial charge in [0.1, 0.15) is 12.7 Å². The lowest BCUT2D eigenvalue weighted by Crippen LogP contribution is -2.48. The lowest BCUT2D eigenvalue weighted by molar-refractivity contribution is -0.102. The average Bonchev–Trinajstić information content (AvgIpc) is 3.42. The highest BCUT2D eigenvalue weighted by Gasteiger charge is 2.60. The number of thiol groups is 1. The first-order valence-electron chi connectivity index (χ1n) is 16.7. The van der Waals surface area contributed by atoms with Crippen LogP contribution in [0.1, 0.15) is 80.5 Å². The number of benzene rings is 4. The molecule has 9 nitrogen and oxygen atoms in total. The molecule has 5 rings (SSSR count). The topological polar surface area (TPSA) is 114 Å². The lowest BCUT2D eigenvalue weighted by Gasteiger charge is -2.30. The Labute approximate surface area is 297 Å². The van der Waals surface area contributed by atoms with Gasteiger partial charge in [0.25, 0.3) is 0 Å². The molecule has 1 aliphatic heterocycles. The number of hydrogen-bond donors (Lipinski definition) is 1. The molecule has 50 heavy (non-hydrogen) atoms. The van der Waals surface area contributed by atoms with Gasteiger partial charge in [-0.15, -0.1) is 12.6 Å². The molecule has 0 bridgehead atoms. The van der Waals surface area contributed by atoms with E-state index in [9.17, 15) is 19.2 Å². The van der Waals surface area contributed by atoms with Crippen LogP contribution in [0.3, 0.4) is 0 Å². The van der Waals surface area contributed by atoms with Crippen molar-refractivity contribution in [3.05, 3.63) is 144 Å². The van der Waals surface area contributed by atoms with E-state index in [0.29, 0.717) is 12.8 Å². The highest BCUT2D eigenvalue weighted by Crippen LogP contribution is 2.44. The molecule has 1 heterocycles. The van der Waals surface area contributed by atoms with Gasteiger partial charge in [0, 0.05) is 0 Å². The van der Waals surface area contributed by atoms with E-state index in [1.807, 2.05) is 0 Å². The molecule has 4 aromatic carbocycles. The molecule has 0 radical (unpaired) electrons. The van der Waals surface area contributed by atoms with Crippen molar-refractivity contribution in [1.29, 1.82) is 0 Å². The van der Waals surface area contributed by atoms with Gasteiger partial charge in [0.2, 0.25) is 0 Å². The number of ether oxygens (including phenoxy) is 5. The maximum atomic E-state index is 13.6. The highest BCUT2D eigenvalue weighted by molar-refractivity contribution is 7.81.